The lowest BCUT2D eigenvalue weighted by molar-refractivity contribution is 0.0199. The molecular weight excluding hydrogens is 202 g/mol. The van der Waals surface area contributed by atoms with E-state index >= 15 is 0 Å². The molecule has 16 heavy (non-hydrogen) atoms. The summed E-state index contributed by atoms with van der Waals surface area (Å²) in [6.07, 6.45) is 8.54. The van der Waals surface area contributed by atoms with Crippen molar-refractivity contribution >= 4 is 0 Å². The minimum atomic E-state index is -0.473. The molecule has 4 nitrogen and oxygen atoms in total. The summed E-state index contributed by atoms with van der Waals surface area (Å²) in [5.74, 6) is 0. The first kappa shape index (κ1) is 11.6. The maximum absolute atomic E-state index is 10.5. The van der Waals surface area contributed by atoms with E-state index in [9.17, 15) is 5.11 Å². The number of rotatable bonds is 3. The first-order valence-electron chi connectivity index (χ1n) is 6.09. The number of aliphatic hydroxyl groups is 1. The predicted octanol–water partition coefficient (Wildman–Crippen LogP) is 0.857. The van der Waals surface area contributed by atoms with Gasteiger partial charge >= 0.3 is 0 Å². The molecule has 1 aliphatic rings. The van der Waals surface area contributed by atoms with E-state index in [1.807, 2.05) is 24.1 Å². The average Bonchev–Trinajstić information content (AvgIpc) is 2.54. The number of aromatic nitrogens is 2. The quantitative estimate of drug-likeness (QED) is 0.799. The molecule has 1 aromatic heterocycles. The summed E-state index contributed by atoms with van der Waals surface area (Å²) in [7, 11) is 1.92. The molecule has 4 heteroatoms. The fraction of sp³-hybridized carbons (Fsp3) is 0.750. The van der Waals surface area contributed by atoms with E-state index in [2.05, 4.69) is 10.4 Å². The van der Waals surface area contributed by atoms with Gasteiger partial charge in [0.05, 0.1) is 11.8 Å². The van der Waals surface area contributed by atoms with Gasteiger partial charge in [0, 0.05) is 13.2 Å². The van der Waals surface area contributed by atoms with E-state index < -0.39 is 5.60 Å². The zero-order valence-corrected chi connectivity index (χ0v) is 9.95. The van der Waals surface area contributed by atoms with E-state index in [-0.39, 0.29) is 0 Å². The SMILES string of the molecule is Cn1cc(CCC2(O)CCCNCC2)cn1. The fourth-order valence-electron chi connectivity index (χ4n) is 2.34. The van der Waals surface area contributed by atoms with Gasteiger partial charge in [0.15, 0.2) is 0 Å². The van der Waals surface area contributed by atoms with E-state index in [1.54, 1.807) is 0 Å². The van der Waals surface area contributed by atoms with Gasteiger partial charge in [-0.05, 0) is 50.8 Å². The van der Waals surface area contributed by atoms with E-state index in [0.29, 0.717) is 0 Å². The molecule has 1 aromatic rings. The van der Waals surface area contributed by atoms with Gasteiger partial charge in [-0.2, -0.15) is 5.10 Å². The van der Waals surface area contributed by atoms with Crippen LogP contribution >= 0.6 is 0 Å². The molecule has 1 saturated heterocycles. The third kappa shape index (κ3) is 3.06. The number of hydrogen-bond donors (Lipinski definition) is 2. The Labute approximate surface area is 96.7 Å². The zero-order chi connectivity index (χ0) is 11.4. The number of nitrogens with zero attached hydrogens (tertiary/aromatic N) is 2. The molecule has 0 aromatic carbocycles. The van der Waals surface area contributed by atoms with Crippen LogP contribution in [0.3, 0.4) is 0 Å². The lowest BCUT2D eigenvalue weighted by Crippen LogP contribution is -2.30. The van der Waals surface area contributed by atoms with E-state index in [4.69, 9.17) is 0 Å². The second-order valence-electron chi connectivity index (χ2n) is 4.85. The molecule has 1 atom stereocenters. The first-order chi connectivity index (χ1) is 7.68. The van der Waals surface area contributed by atoms with E-state index in [1.165, 1.54) is 5.56 Å². The Hall–Kier alpha value is -0.870. The molecule has 0 spiro atoms. The topological polar surface area (TPSA) is 50.1 Å². The zero-order valence-electron chi connectivity index (χ0n) is 9.95. The van der Waals surface area contributed by atoms with Crippen molar-refractivity contribution in [2.24, 2.45) is 7.05 Å². The summed E-state index contributed by atoms with van der Waals surface area (Å²) in [4.78, 5) is 0. The van der Waals surface area contributed by atoms with Crippen LogP contribution in [0, 0.1) is 0 Å². The smallest absolute Gasteiger partial charge is 0.0663 e. The van der Waals surface area contributed by atoms with Crippen molar-refractivity contribution in [3.05, 3.63) is 18.0 Å². The summed E-state index contributed by atoms with van der Waals surface area (Å²) in [6, 6.07) is 0. The van der Waals surface area contributed by atoms with Crippen LogP contribution in [0.25, 0.3) is 0 Å². The average molecular weight is 223 g/mol. The second-order valence-corrected chi connectivity index (χ2v) is 4.85. The highest BCUT2D eigenvalue weighted by molar-refractivity contribution is 5.04. The fourth-order valence-corrected chi connectivity index (χ4v) is 2.34. The molecule has 0 radical (unpaired) electrons. The molecule has 1 aliphatic heterocycles. The molecule has 0 amide bonds. The second kappa shape index (κ2) is 4.97. The van der Waals surface area contributed by atoms with Gasteiger partial charge in [0.1, 0.15) is 0 Å². The molecule has 0 bridgehead atoms. The standard InChI is InChI=1S/C12H21N3O/c1-15-10-11(9-14-15)3-5-12(16)4-2-7-13-8-6-12/h9-10,13,16H,2-8H2,1H3. The highest BCUT2D eigenvalue weighted by Gasteiger charge is 2.27. The monoisotopic (exact) mass is 223 g/mol. The molecule has 0 aliphatic carbocycles. The Morgan fingerprint density at radius 3 is 3.12 bits per heavy atom. The third-order valence-electron chi connectivity index (χ3n) is 3.40. The van der Waals surface area contributed by atoms with Gasteiger partial charge in [-0.15, -0.1) is 0 Å². The van der Waals surface area contributed by atoms with Crippen LogP contribution in [-0.4, -0.2) is 33.6 Å². The van der Waals surface area contributed by atoms with E-state index in [0.717, 1.165) is 45.2 Å². The lowest BCUT2D eigenvalue weighted by Gasteiger charge is -2.25. The first-order valence-corrected chi connectivity index (χ1v) is 6.09. The molecule has 90 valence electrons. The summed E-state index contributed by atoms with van der Waals surface area (Å²) in [5, 5.41) is 17.9. The molecule has 2 heterocycles. The molecule has 1 unspecified atom stereocenters. The molecule has 1 fully saturated rings. The Morgan fingerprint density at radius 2 is 2.38 bits per heavy atom. The maximum Gasteiger partial charge on any atom is 0.0663 e. The van der Waals surface area contributed by atoms with Crippen molar-refractivity contribution < 1.29 is 5.11 Å². The van der Waals surface area contributed by atoms with Gasteiger partial charge in [-0.25, -0.2) is 0 Å². The van der Waals surface area contributed by atoms with Gasteiger partial charge in [0.2, 0.25) is 0 Å². The summed E-state index contributed by atoms with van der Waals surface area (Å²) in [5.41, 5.74) is 0.743. The molecular formula is C12H21N3O. The Kier molecular flexibility index (Phi) is 3.61. The normalized spacial score (nSPS) is 26.6. The van der Waals surface area contributed by atoms with Crippen molar-refractivity contribution in [2.45, 2.75) is 37.7 Å². The number of nitrogens with one attached hydrogen (secondary N) is 1. The van der Waals surface area contributed by atoms with Gasteiger partial charge in [-0.3, -0.25) is 4.68 Å². The highest BCUT2D eigenvalue weighted by atomic mass is 16.3. The van der Waals surface area contributed by atoms with Crippen molar-refractivity contribution in [3.8, 4) is 0 Å². The predicted molar refractivity (Wildman–Crippen MR) is 63.2 cm³/mol. The highest BCUT2D eigenvalue weighted by Crippen LogP contribution is 2.25. The molecule has 2 N–H and O–H groups in total. The van der Waals surface area contributed by atoms with Crippen LogP contribution < -0.4 is 5.32 Å². The Bertz CT molecular complexity index is 327. The minimum Gasteiger partial charge on any atom is -0.390 e. The van der Waals surface area contributed by atoms with Crippen LogP contribution in [0.1, 0.15) is 31.2 Å². The number of aryl methyl sites for hydroxylation is 2. The van der Waals surface area contributed by atoms with Gasteiger partial charge in [0.25, 0.3) is 0 Å². The van der Waals surface area contributed by atoms with Crippen LogP contribution in [0.15, 0.2) is 12.4 Å². The van der Waals surface area contributed by atoms with Crippen molar-refractivity contribution in [3.63, 3.8) is 0 Å². The summed E-state index contributed by atoms with van der Waals surface area (Å²) >= 11 is 0. The largest absolute Gasteiger partial charge is 0.390 e. The van der Waals surface area contributed by atoms with Crippen LogP contribution in [0.5, 0.6) is 0 Å². The van der Waals surface area contributed by atoms with Crippen LogP contribution in [-0.2, 0) is 13.5 Å². The van der Waals surface area contributed by atoms with Crippen LogP contribution in [0.4, 0.5) is 0 Å². The number of hydrogen-bond acceptors (Lipinski definition) is 3. The minimum absolute atomic E-state index is 0.473. The lowest BCUT2D eigenvalue weighted by atomic mass is 9.89. The van der Waals surface area contributed by atoms with Crippen molar-refractivity contribution in [2.75, 3.05) is 13.1 Å². The Morgan fingerprint density at radius 1 is 1.50 bits per heavy atom. The van der Waals surface area contributed by atoms with Gasteiger partial charge in [-0.1, -0.05) is 0 Å². The summed E-state index contributed by atoms with van der Waals surface area (Å²) < 4.78 is 1.81. The summed E-state index contributed by atoms with van der Waals surface area (Å²) in [6.45, 7) is 1.97. The molecule has 0 saturated carbocycles. The van der Waals surface area contributed by atoms with Crippen molar-refractivity contribution in [1.82, 2.24) is 15.1 Å². The van der Waals surface area contributed by atoms with Crippen LogP contribution in [0.2, 0.25) is 0 Å². The van der Waals surface area contributed by atoms with Crippen molar-refractivity contribution in [1.29, 1.82) is 0 Å². The Balaban J connectivity index is 1.87. The third-order valence-corrected chi connectivity index (χ3v) is 3.40. The molecule has 2 rings (SSSR count). The maximum atomic E-state index is 10.5. The van der Waals surface area contributed by atoms with Gasteiger partial charge < -0.3 is 10.4 Å².